The molecule has 138 valence electrons. The van der Waals surface area contributed by atoms with Crippen LogP contribution in [0.15, 0.2) is 59.8 Å². The van der Waals surface area contributed by atoms with Crippen molar-refractivity contribution in [2.45, 2.75) is 13.0 Å². The lowest BCUT2D eigenvalue weighted by Gasteiger charge is -2.28. The molecule has 0 fully saturated rings. The number of nitrogens with one attached hydrogen (secondary N) is 3. The second-order valence-electron chi connectivity index (χ2n) is 5.86. The first-order chi connectivity index (χ1) is 12.9. The summed E-state index contributed by atoms with van der Waals surface area (Å²) in [6.07, 6.45) is 0. The minimum Gasteiger partial charge on any atom is -0.327 e. The van der Waals surface area contributed by atoms with E-state index in [1.807, 2.05) is 6.07 Å². The smallest absolute Gasteiger partial charge is 0.319 e. The summed E-state index contributed by atoms with van der Waals surface area (Å²) in [7, 11) is 0. The number of allylic oxidation sites excluding steroid dienone is 1. The fourth-order valence-electron chi connectivity index (χ4n) is 2.81. The lowest BCUT2D eigenvalue weighted by molar-refractivity contribution is -0.384. The molecule has 2 aromatic carbocycles. The van der Waals surface area contributed by atoms with E-state index in [2.05, 4.69) is 16.0 Å². The van der Waals surface area contributed by atoms with Crippen LogP contribution in [0.3, 0.4) is 0 Å². The largest absolute Gasteiger partial charge is 0.327 e. The second kappa shape index (κ2) is 7.46. The normalized spacial score (nSPS) is 16.4. The van der Waals surface area contributed by atoms with Crippen molar-refractivity contribution in [1.29, 1.82) is 0 Å². The third kappa shape index (κ3) is 3.90. The molecule has 1 aliphatic rings. The van der Waals surface area contributed by atoms with Crippen LogP contribution in [0.2, 0.25) is 5.02 Å². The molecule has 0 radical (unpaired) electrons. The first-order valence-electron chi connectivity index (χ1n) is 7.95. The van der Waals surface area contributed by atoms with Gasteiger partial charge in [-0.25, -0.2) is 4.79 Å². The first-order valence-corrected chi connectivity index (χ1v) is 8.33. The molecule has 3 N–H and O–H groups in total. The maximum Gasteiger partial charge on any atom is 0.319 e. The van der Waals surface area contributed by atoms with Crippen LogP contribution < -0.4 is 16.0 Å². The molecular formula is C18H15ClN4O4. The first kappa shape index (κ1) is 18.4. The Balaban J connectivity index is 2.01. The number of urea groups is 1. The SMILES string of the molecule is CC1=C(C(=O)Nc2ccccc2)[C@@H](c2ccc(Cl)c([N+](=O)[O-])c2)NC(=O)N1. The van der Waals surface area contributed by atoms with Gasteiger partial charge >= 0.3 is 6.03 Å². The van der Waals surface area contributed by atoms with E-state index in [0.717, 1.165) is 0 Å². The van der Waals surface area contributed by atoms with Gasteiger partial charge in [-0.1, -0.05) is 35.9 Å². The van der Waals surface area contributed by atoms with Gasteiger partial charge in [-0.2, -0.15) is 0 Å². The number of hydrogen-bond donors (Lipinski definition) is 3. The van der Waals surface area contributed by atoms with Crippen molar-refractivity contribution in [3.05, 3.63) is 80.5 Å². The highest BCUT2D eigenvalue weighted by Gasteiger charge is 2.32. The average Bonchev–Trinajstić information content (AvgIpc) is 2.62. The molecule has 1 aliphatic heterocycles. The molecule has 1 heterocycles. The third-order valence-corrected chi connectivity index (χ3v) is 4.37. The van der Waals surface area contributed by atoms with E-state index in [-0.39, 0.29) is 16.3 Å². The number of anilines is 1. The number of nitro groups is 1. The van der Waals surface area contributed by atoms with Crippen LogP contribution in [0.25, 0.3) is 0 Å². The Morgan fingerprint density at radius 1 is 1.22 bits per heavy atom. The van der Waals surface area contributed by atoms with Crippen molar-refractivity contribution in [2.75, 3.05) is 5.32 Å². The van der Waals surface area contributed by atoms with Gasteiger partial charge in [0.15, 0.2) is 0 Å². The topological polar surface area (TPSA) is 113 Å². The molecule has 0 aromatic heterocycles. The van der Waals surface area contributed by atoms with Crippen LogP contribution in [0.4, 0.5) is 16.2 Å². The van der Waals surface area contributed by atoms with Gasteiger partial charge in [0.2, 0.25) is 0 Å². The molecule has 3 amide bonds. The highest BCUT2D eigenvalue weighted by molar-refractivity contribution is 6.32. The number of halogens is 1. The van der Waals surface area contributed by atoms with Gasteiger partial charge in [0.05, 0.1) is 16.5 Å². The van der Waals surface area contributed by atoms with E-state index in [1.54, 1.807) is 31.2 Å². The zero-order valence-electron chi connectivity index (χ0n) is 14.2. The van der Waals surface area contributed by atoms with Gasteiger partial charge < -0.3 is 16.0 Å². The molecule has 2 aromatic rings. The van der Waals surface area contributed by atoms with Gasteiger partial charge in [0.25, 0.3) is 11.6 Å². The van der Waals surface area contributed by atoms with E-state index < -0.39 is 22.9 Å². The maximum atomic E-state index is 12.8. The molecule has 9 heteroatoms. The average molecular weight is 387 g/mol. The van der Waals surface area contributed by atoms with E-state index in [1.165, 1.54) is 18.2 Å². The van der Waals surface area contributed by atoms with Crippen LogP contribution in [0.1, 0.15) is 18.5 Å². The Morgan fingerprint density at radius 2 is 1.93 bits per heavy atom. The minimum absolute atomic E-state index is 0.0278. The lowest BCUT2D eigenvalue weighted by atomic mass is 9.94. The van der Waals surface area contributed by atoms with Crippen molar-refractivity contribution < 1.29 is 14.5 Å². The molecule has 0 aliphatic carbocycles. The highest BCUT2D eigenvalue weighted by Crippen LogP contribution is 2.33. The molecule has 0 spiro atoms. The Kier molecular flexibility index (Phi) is 5.09. The number of nitrogens with zero attached hydrogens (tertiary/aromatic N) is 1. The second-order valence-corrected chi connectivity index (χ2v) is 6.27. The quantitative estimate of drug-likeness (QED) is 0.551. The number of benzene rings is 2. The summed E-state index contributed by atoms with van der Waals surface area (Å²) in [5.41, 5.74) is 1.26. The fraction of sp³-hybridized carbons (Fsp3) is 0.111. The minimum atomic E-state index is -0.863. The molecule has 0 unspecified atom stereocenters. The summed E-state index contributed by atoms with van der Waals surface area (Å²) in [5, 5.41) is 19.1. The van der Waals surface area contributed by atoms with Crippen LogP contribution in [-0.4, -0.2) is 16.9 Å². The van der Waals surface area contributed by atoms with Gasteiger partial charge in [-0.05, 0) is 30.7 Å². The molecular weight excluding hydrogens is 372 g/mol. The van der Waals surface area contributed by atoms with Crippen molar-refractivity contribution in [3.8, 4) is 0 Å². The molecule has 3 rings (SSSR count). The monoisotopic (exact) mass is 386 g/mol. The highest BCUT2D eigenvalue weighted by atomic mass is 35.5. The number of rotatable bonds is 4. The van der Waals surface area contributed by atoms with Gasteiger partial charge in [0, 0.05) is 17.5 Å². The van der Waals surface area contributed by atoms with E-state index >= 15 is 0 Å². The Labute approximate surface area is 159 Å². The molecule has 0 bridgehead atoms. The van der Waals surface area contributed by atoms with Crippen LogP contribution in [0.5, 0.6) is 0 Å². The van der Waals surface area contributed by atoms with Crippen LogP contribution in [-0.2, 0) is 4.79 Å². The fourth-order valence-corrected chi connectivity index (χ4v) is 3.00. The predicted molar refractivity (Wildman–Crippen MR) is 100 cm³/mol. The summed E-state index contributed by atoms with van der Waals surface area (Å²) >= 11 is 5.86. The van der Waals surface area contributed by atoms with Crippen LogP contribution in [0, 0.1) is 10.1 Å². The van der Waals surface area contributed by atoms with Gasteiger partial charge in [0.1, 0.15) is 5.02 Å². The standard InChI is InChI=1S/C18H15ClN4O4/c1-10-15(17(24)21-12-5-3-2-4-6-12)16(22-18(25)20-10)11-7-8-13(19)14(9-11)23(26)27/h2-9,16H,1H3,(H,21,24)(H2,20,22,25)/t16-/m1/s1. The van der Waals surface area contributed by atoms with Crippen molar-refractivity contribution >= 4 is 34.9 Å². The summed E-state index contributed by atoms with van der Waals surface area (Å²) < 4.78 is 0. The number of para-hydroxylation sites is 1. The van der Waals surface area contributed by atoms with Gasteiger partial charge in [-0.3, -0.25) is 14.9 Å². The number of nitro benzene ring substituents is 1. The molecule has 0 saturated carbocycles. The molecule has 27 heavy (non-hydrogen) atoms. The summed E-state index contributed by atoms with van der Waals surface area (Å²) in [5.74, 6) is -0.436. The van der Waals surface area contributed by atoms with Crippen LogP contribution >= 0.6 is 11.6 Å². The van der Waals surface area contributed by atoms with Gasteiger partial charge in [-0.15, -0.1) is 0 Å². The number of carbonyl (C=O) groups is 2. The van der Waals surface area contributed by atoms with E-state index in [9.17, 15) is 19.7 Å². The molecule has 0 saturated heterocycles. The number of amides is 3. The van der Waals surface area contributed by atoms with Crippen molar-refractivity contribution in [3.63, 3.8) is 0 Å². The predicted octanol–water partition coefficient (Wildman–Crippen LogP) is 3.51. The Hall–Kier alpha value is -3.39. The number of hydrogen-bond acceptors (Lipinski definition) is 4. The summed E-state index contributed by atoms with van der Waals surface area (Å²) in [6, 6.07) is 11.6. The Bertz CT molecular complexity index is 959. The number of carbonyl (C=O) groups excluding carboxylic acids is 2. The van der Waals surface area contributed by atoms with Crippen molar-refractivity contribution in [1.82, 2.24) is 10.6 Å². The maximum absolute atomic E-state index is 12.8. The summed E-state index contributed by atoms with van der Waals surface area (Å²) in [4.78, 5) is 35.3. The van der Waals surface area contributed by atoms with E-state index in [4.69, 9.17) is 11.6 Å². The molecule has 1 atom stereocenters. The van der Waals surface area contributed by atoms with E-state index in [0.29, 0.717) is 16.9 Å². The zero-order chi connectivity index (χ0) is 19.6. The zero-order valence-corrected chi connectivity index (χ0v) is 14.9. The molecule has 8 nitrogen and oxygen atoms in total. The summed E-state index contributed by atoms with van der Waals surface area (Å²) in [6.45, 7) is 1.59. The Morgan fingerprint density at radius 3 is 2.59 bits per heavy atom. The van der Waals surface area contributed by atoms with Crippen molar-refractivity contribution in [2.24, 2.45) is 0 Å². The third-order valence-electron chi connectivity index (χ3n) is 4.05. The lowest BCUT2D eigenvalue weighted by Crippen LogP contribution is -2.46.